The summed E-state index contributed by atoms with van der Waals surface area (Å²) in [5.41, 5.74) is 0.0858. The summed E-state index contributed by atoms with van der Waals surface area (Å²) in [6, 6.07) is 4.50. The molecule has 0 saturated heterocycles. The number of aryl methyl sites for hydroxylation is 1. The van der Waals surface area contributed by atoms with Gasteiger partial charge in [-0.1, -0.05) is 6.07 Å². The van der Waals surface area contributed by atoms with Crippen LogP contribution in [0.4, 0.5) is 4.39 Å². The van der Waals surface area contributed by atoms with Crippen LogP contribution >= 0.6 is 0 Å². The minimum absolute atomic E-state index is 0.119. The highest BCUT2D eigenvalue weighted by atomic mass is 19.1. The van der Waals surface area contributed by atoms with Crippen molar-refractivity contribution in [3.8, 4) is 0 Å². The Balaban J connectivity index is 2.52. The van der Waals surface area contributed by atoms with Crippen molar-refractivity contribution in [3.05, 3.63) is 40.2 Å². The maximum atomic E-state index is 13.4. The fourth-order valence-electron chi connectivity index (χ4n) is 2.07. The van der Waals surface area contributed by atoms with Crippen LogP contribution in [0.15, 0.2) is 23.0 Å². The van der Waals surface area contributed by atoms with Gasteiger partial charge in [-0.05, 0) is 18.6 Å². The molecule has 3 rings (SSSR count). The first-order chi connectivity index (χ1) is 7.27. The van der Waals surface area contributed by atoms with Gasteiger partial charge >= 0.3 is 0 Å². The number of hydrogen-bond donors (Lipinski definition) is 0. The normalized spacial score (nSPS) is 14.5. The molecular weight excluding hydrogens is 195 g/mol. The highest BCUT2D eigenvalue weighted by Gasteiger charge is 2.17. The lowest BCUT2D eigenvalue weighted by molar-refractivity contribution is 0.633. The molecule has 1 aliphatic heterocycles. The second-order valence-corrected chi connectivity index (χ2v) is 3.72. The van der Waals surface area contributed by atoms with Crippen LogP contribution in [0.1, 0.15) is 12.2 Å². The molecule has 0 radical (unpaired) electrons. The van der Waals surface area contributed by atoms with Crippen molar-refractivity contribution >= 4 is 10.9 Å². The van der Waals surface area contributed by atoms with E-state index in [9.17, 15) is 9.18 Å². The summed E-state index contributed by atoms with van der Waals surface area (Å²) in [7, 11) is 0. The molecule has 2 heterocycles. The van der Waals surface area contributed by atoms with Gasteiger partial charge in [0, 0.05) is 13.0 Å². The third kappa shape index (κ3) is 1.11. The number of rotatable bonds is 0. The molecule has 0 aliphatic carbocycles. The van der Waals surface area contributed by atoms with E-state index in [0.29, 0.717) is 17.8 Å². The fourth-order valence-corrected chi connectivity index (χ4v) is 2.07. The molecule has 15 heavy (non-hydrogen) atoms. The lowest BCUT2D eigenvalue weighted by atomic mass is 10.2. The average molecular weight is 204 g/mol. The summed E-state index contributed by atoms with van der Waals surface area (Å²) < 4.78 is 15.1. The maximum absolute atomic E-state index is 13.4. The van der Waals surface area contributed by atoms with E-state index in [1.807, 2.05) is 0 Å². The van der Waals surface area contributed by atoms with Crippen LogP contribution in [-0.2, 0) is 13.0 Å². The lowest BCUT2D eigenvalue weighted by Gasteiger charge is -2.04. The van der Waals surface area contributed by atoms with Crippen LogP contribution in [0, 0.1) is 5.82 Å². The van der Waals surface area contributed by atoms with Gasteiger partial charge in [0.15, 0.2) is 0 Å². The fraction of sp³-hybridized carbons (Fsp3) is 0.273. The first kappa shape index (κ1) is 8.59. The summed E-state index contributed by atoms with van der Waals surface area (Å²) in [6.45, 7) is 0.702. The molecule has 76 valence electrons. The predicted octanol–water partition coefficient (Wildman–Crippen LogP) is 1.48. The summed E-state index contributed by atoms with van der Waals surface area (Å²) in [4.78, 5) is 16.1. The van der Waals surface area contributed by atoms with Crippen molar-refractivity contribution < 1.29 is 4.39 Å². The van der Waals surface area contributed by atoms with Crippen molar-refractivity contribution in [2.24, 2.45) is 0 Å². The quantitative estimate of drug-likeness (QED) is 0.651. The minimum Gasteiger partial charge on any atom is -0.296 e. The van der Waals surface area contributed by atoms with Gasteiger partial charge in [-0.2, -0.15) is 0 Å². The number of aromatic nitrogens is 2. The molecule has 0 saturated carbocycles. The Bertz CT molecular complexity index is 603. The number of para-hydroxylation sites is 1. The third-order valence-corrected chi connectivity index (χ3v) is 2.80. The molecule has 1 aromatic heterocycles. The molecule has 0 N–H and O–H groups in total. The van der Waals surface area contributed by atoms with Gasteiger partial charge in [-0.15, -0.1) is 0 Å². The van der Waals surface area contributed by atoms with E-state index in [0.717, 1.165) is 12.8 Å². The highest BCUT2D eigenvalue weighted by molar-refractivity contribution is 5.78. The zero-order valence-corrected chi connectivity index (χ0v) is 8.03. The molecule has 0 unspecified atom stereocenters. The topological polar surface area (TPSA) is 34.9 Å². The second kappa shape index (κ2) is 2.89. The number of benzene rings is 1. The van der Waals surface area contributed by atoms with Gasteiger partial charge < -0.3 is 0 Å². The monoisotopic (exact) mass is 204 g/mol. The first-order valence-electron chi connectivity index (χ1n) is 4.95. The molecule has 1 aromatic carbocycles. The van der Waals surface area contributed by atoms with Crippen molar-refractivity contribution in [3.63, 3.8) is 0 Å². The van der Waals surface area contributed by atoms with Crippen molar-refractivity contribution in [2.45, 2.75) is 19.4 Å². The Labute approximate surface area is 85.2 Å². The number of fused-ring (bicyclic) bond motifs is 2. The van der Waals surface area contributed by atoms with E-state index < -0.39 is 5.82 Å². The third-order valence-electron chi connectivity index (χ3n) is 2.80. The van der Waals surface area contributed by atoms with Gasteiger partial charge in [-0.25, -0.2) is 9.37 Å². The van der Waals surface area contributed by atoms with Crippen LogP contribution in [-0.4, -0.2) is 9.55 Å². The second-order valence-electron chi connectivity index (χ2n) is 3.72. The van der Waals surface area contributed by atoms with E-state index >= 15 is 0 Å². The summed E-state index contributed by atoms with van der Waals surface area (Å²) in [5.74, 6) is 0.289. The molecule has 0 amide bonds. The molecule has 4 heteroatoms. The molecule has 0 spiro atoms. The molecule has 1 aliphatic rings. The van der Waals surface area contributed by atoms with Crippen LogP contribution < -0.4 is 5.56 Å². The average Bonchev–Trinajstić information content (AvgIpc) is 2.68. The SMILES string of the molecule is O=c1c2cccc(F)c2nc2n1CCC2. The van der Waals surface area contributed by atoms with Crippen molar-refractivity contribution in [1.29, 1.82) is 0 Å². The first-order valence-corrected chi connectivity index (χ1v) is 4.95. The van der Waals surface area contributed by atoms with E-state index in [1.54, 1.807) is 16.7 Å². The summed E-state index contributed by atoms with van der Waals surface area (Å²) >= 11 is 0. The Kier molecular flexibility index (Phi) is 1.65. The summed E-state index contributed by atoms with van der Waals surface area (Å²) in [5, 5.41) is 0.376. The molecule has 0 fully saturated rings. The van der Waals surface area contributed by atoms with Gasteiger partial charge in [0.05, 0.1) is 5.39 Å². The molecule has 3 nitrogen and oxygen atoms in total. The van der Waals surface area contributed by atoms with Crippen LogP contribution in [0.2, 0.25) is 0 Å². The molecule has 0 bridgehead atoms. The van der Waals surface area contributed by atoms with Crippen LogP contribution in [0.25, 0.3) is 10.9 Å². The largest absolute Gasteiger partial charge is 0.296 e. The van der Waals surface area contributed by atoms with E-state index in [1.165, 1.54) is 6.07 Å². The van der Waals surface area contributed by atoms with Crippen LogP contribution in [0.5, 0.6) is 0 Å². The van der Waals surface area contributed by atoms with Gasteiger partial charge in [-0.3, -0.25) is 9.36 Å². The number of hydrogen-bond acceptors (Lipinski definition) is 2. The standard InChI is InChI=1S/C11H9FN2O/c12-8-4-1-3-7-10(8)13-9-5-2-6-14(9)11(7)15/h1,3-4H,2,5-6H2. The number of halogens is 1. The van der Waals surface area contributed by atoms with Crippen molar-refractivity contribution in [2.75, 3.05) is 0 Å². The smallest absolute Gasteiger partial charge is 0.261 e. The van der Waals surface area contributed by atoms with E-state index in [2.05, 4.69) is 4.98 Å². The van der Waals surface area contributed by atoms with Gasteiger partial charge in [0.25, 0.3) is 5.56 Å². The Morgan fingerprint density at radius 3 is 3.13 bits per heavy atom. The summed E-state index contributed by atoms with van der Waals surface area (Å²) in [6.07, 6.45) is 1.68. The van der Waals surface area contributed by atoms with E-state index in [4.69, 9.17) is 0 Å². The zero-order chi connectivity index (χ0) is 10.4. The van der Waals surface area contributed by atoms with Gasteiger partial charge in [0.1, 0.15) is 17.2 Å². The predicted molar refractivity (Wildman–Crippen MR) is 54.3 cm³/mol. The van der Waals surface area contributed by atoms with Crippen LogP contribution in [0.3, 0.4) is 0 Å². The molecule has 2 aromatic rings. The van der Waals surface area contributed by atoms with Gasteiger partial charge in [0.2, 0.25) is 0 Å². The Morgan fingerprint density at radius 1 is 1.40 bits per heavy atom. The minimum atomic E-state index is -0.417. The van der Waals surface area contributed by atoms with E-state index in [-0.39, 0.29) is 11.1 Å². The molecular formula is C11H9FN2O. The molecule has 0 atom stereocenters. The van der Waals surface area contributed by atoms with Crippen molar-refractivity contribution in [1.82, 2.24) is 9.55 Å². The lowest BCUT2D eigenvalue weighted by Crippen LogP contribution is -2.21. The Morgan fingerprint density at radius 2 is 2.27 bits per heavy atom. The number of nitrogens with zero attached hydrogens (tertiary/aromatic N) is 2. The highest BCUT2D eigenvalue weighted by Crippen LogP contribution is 2.16. The maximum Gasteiger partial charge on any atom is 0.261 e. The Hall–Kier alpha value is -1.71. The zero-order valence-electron chi connectivity index (χ0n) is 8.03.